The van der Waals surface area contributed by atoms with Gasteiger partial charge < -0.3 is 9.80 Å². The number of hydrogen-bond donors (Lipinski definition) is 0. The third kappa shape index (κ3) is 3.03. The van der Waals surface area contributed by atoms with Crippen LogP contribution in [0.1, 0.15) is 58.3 Å². The first kappa shape index (κ1) is 15.9. The smallest absolute Gasteiger partial charge is 0.327 e. The van der Waals surface area contributed by atoms with Crippen molar-refractivity contribution in [1.82, 2.24) is 14.7 Å². The van der Waals surface area contributed by atoms with Crippen LogP contribution in [0.2, 0.25) is 0 Å². The van der Waals surface area contributed by atoms with Crippen LogP contribution in [0.25, 0.3) is 0 Å². The first-order valence-corrected chi connectivity index (χ1v) is 9.46. The Labute approximate surface area is 143 Å². The molecule has 3 saturated carbocycles. The second kappa shape index (κ2) is 6.05. The van der Waals surface area contributed by atoms with Crippen molar-refractivity contribution in [2.45, 2.75) is 76.4 Å². The summed E-state index contributed by atoms with van der Waals surface area (Å²) < 4.78 is 0. The largest absolute Gasteiger partial charge is 0.335 e. The third-order valence-corrected chi connectivity index (χ3v) is 5.97. The summed E-state index contributed by atoms with van der Waals surface area (Å²) in [5.74, 6) is 0.496. The highest BCUT2D eigenvalue weighted by molar-refractivity contribution is 6.04. The van der Waals surface area contributed by atoms with Crippen LogP contribution < -0.4 is 0 Å². The van der Waals surface area contributed by atoms with Gasteiger partial charge in [-0.1, -0.05) is 6.92 Å². The van der Waals surface area contributed by atoms with Gasteiger partial charge in [-0.05, 0) is 57.3 Å². The lowest BCUT2D eigenvalue weighted by Gasteiger charge is -2.37. The second-order valence-corrected chi connectivity index (χ2v) is 8.07. The Bertz CT molecular complexity index is 548. The van der Waals surface area contributed by atoms with Crippen LogP contribution in [-0.4, -0.2) is 63.8 Å². The van der Waals surface area contributed by atoms with Gasteiger partial charge in [0.25, 0.3) is 5.91 Å². The molecular weight excluding hydrogens is 306 g/mol. The highest BCUT2D eigenvalue weighted by Gasteiger charge is 2.46. The highest BCUT2D eigenvalue weighted by atomic mass is 16.2. The molecular formula is C18H27N3O3. The summed E-state index contributed by atoms with van der Waals surface area (Å²) in [5.41, 5.74) is 0. The number of amides is 4. The van der Waals surface area contributed by atoms with E-state index in [2.05, 4.69) is 6.92 Å². The lowest BCUT2D eigenvalue weighted by atomic mass is 9.86. The molecule has 132 valence electrons. The molecule has 0 N–H and O–H groups in total. The minimum atomic E-state index is -0.260. The van der Waals surface area contributed by atoms with Gasteiger partial charge in [-0.3, -0.25) is 14.5 Å². The molecule has 0 bridgehead atoms. The minimum absolute atomic E-state index is 0.0311. The SMILES string of the molecule is CC1CCC(N(C(=O)CN2C(=O)CN(C3CC3)C2=O)C2CC2)CC1. The van der Waals surface area contributed by atoms with Crippen molar-refractivity contribution < 1.29 is 14.4 Å². The Kier molecular flexibility index (Phi) is 4.01. The summed E-state index contributed by atoms with van der Waals surface area (Å²) >= 11 is 0. The van der Waals surface area contributed by atoms with Crippen LogP contribution in [-0.2, 0) is 9.59 Å². The summed E-state index contributed by atoms with van der Waals surface area (Å²) in [7, 11) is 0. The molecule has 4 amide bonds. The van der Waals surface area contributed by atoms with Gasteiger partial charge in [0.05, 0.1) is 0 Å². The second-order valence-electron chi connectivity index (χ2n) is 8.07. The molecule has 24 heavy (non-hydrogen) atoms. The van der Waals surface area contributed by atoms with Crippen molar-refractivity contribution in [2.24, 2.45) is 5.92 Å². The molecule has 1 heterocycles. The summed E-state index contributed by atoms with van der Waals surface area (Å²) in [6.45, 7) is 2.36. The van der Waals surface area contributed by atoms with E-state index >= 15 is 0 Å². The maximum Gasteiger partial charge on any atom is 0.327 e. The van der Waals surface area contributed by atoms with E-state index in [1.807, 2.05) is 4.90 Å². The number of urea groups is 1. The zero-order valence-electron chi connectivity index (χ0n) is 14.4. The van der Waals surface area contributed by atoms with Gasteiger partial charge in [-0.2, -0.15) is 0 Å². The fourth-order valence-corrected chi connectivity index (χ4v) is 4.18. The van der Waals surface area contributed by atoms with Crippen LogP contribution in [0.5, 0.6) is 0 Å². The topological polar surface area (TPSA) is 60.9 Å². The van der Waals surface area contributed by atoms with Gasteiger partial charge in [-0.15, -0.1) is 0 Å². The van der Waals surface area contributed by atoms with Crippen LogP contribution >= 0.6 is 0 Å². The molecule has 4 fully saturated rings. The van der Waals surface area contributed by atoms with E-state index in [0.29, 0.717) is 12.1 Å². The lowest BCUT2D eigenvalue weighted by Crippen LogP contribution is -2.49. The van der Waals surface area contributed by atoms with Gasteiger partial charge in [0.15, 0.2) is 0 Å². The van der Waals surface area contributed by atoms with E-state index in [0.717, 1.165) is 57.3 Å². The molecule has 0 atom stereocenters. The first-order chi connectivity index (χ1) is 11.5. The zero-order valence-corrected chi connectivity index (χ0v) is 14.4. The third-order valence-electron chi connectivity index (χ3n) is 5.97. The first-order valence-electron chi connectivity index (χ1n) is 9.46. The predicted octanol–water partition coefficient (Wildman–Crippen LogP) is 1.98. The molecule has 0 aromatic carbocycles. The highest BCUT2D eigenvalue weighted by Crippen LogP contribution is 2.36. The molecule has 6 heteroatoms. The summed E-state index contributed by atoms with van der Waals surface area (Å²) in [5, 5.41) is 0. The molecule has 0 radical (unpaired) electrons. The summed E-state index contributed by atoms with van der Waals surface area (Å²) in [6, 6.07) is 0.599. The molecule has 4 rings (SSSR count). The monoisotopic (exact) mass is 333 g/mol. The van der Waals surface area contributed by atoms with Gasteiger partial charge in [-0.25, -0.2) is 4.79 Å². The Morgan fingerprint density at radius 3 is 2.12 bits per heavy atom. The summed E-state index contributed by atoms with van der Waals surface area (Å²) in [4.78, 5) is 42.3. The normalized spacial score (nSPS) is 30.9. The van der Waals surface area contributed by atoms with Crippen LogP contribution in [0.3, 0.4) is 0 Å². The number of rotatable bonds is 5. The predicted molar refractivity (Wildman–Crippen MR) is 88.1 cm³/mol. The molecule has 1 aliphatic heterocycles. The molecule has 1 saturated heterocycles. The van der Waals surface area contributed by atoms with Gasteiger partial charge in [0.1, 0.15) is 13.1 Å². The van der Waals surface area contributed by atoms with Crippen molar-refractivity contribution in [3.05, 3.63) is 0 Å². The van der Waals surface area contributed by atoms with E-state index in [9.17, 15) is 14.4 Å². The number of nitrogens with zero attached hydrogens (tertiary/aromatic N) is 3. The maximum absolute atomic E-state index is 12.9. The number of hydrogen-bond acceptors (Lipinski definition) is 3. The Hall–Kier alpha value is -1.59. The van der Waals surface area contributed by atoms with E-state index in [-0.39, 0.29) is 37.0 Å². The summed E-state index contributed by atoms with van der Waals surface area (Å²) in [6.07, 6.45) is 8.53. The molecule has 0 spiro atoms. The number of carbonyl (C=O) groups is 3. The number of imide groups is 1. The fraction of sp³-hybridized carbons (Fsp3) is 0.833. The number of carbonyl (C=O) groups excluding carboxylic acids is 3. The van der Waals surface area contributed by atoms with Crippen molar-refractivity contribution in [3.8, 4) is 0 Å². The Balaban J connectivity index is 1.41. The van der Waals surface area contributed by atoms with E-state index in [1.54, 1.807) is 4.90 Å². The van der Waals surface area contributed by atoms with Gasteiger partial charge in [0, 0.05) is 18.1 Å². The van der Waals surface area contributed by atoms with Crippen LogP contribution in [0.4, 0.5) is 4.79 Å². The van der Waals surface area contributed by atoms with E-state index < -0.39 is 0 Å². The average molecular weight is 333 g/mol. The van der Waals surface area contributed by atoms with Crippen LogP contribution in [0.15, 0.2) is 0 Å². The molecule has 3 aliphatic carbocycles. The Morgan fingerprint density at radius 1 is 1.00 bits per heavy atom. The van der Waals surface area contributed by atoms with Crippen molar-refractivity contribution >= 4 is 17.8 Å². The van der Waals surface area contributed by atoms with Crippen molar-refractivity contribution in [3.63, 3.8) is 0 Å². The zero-order chi connectivity index (χ0) is 16.8. The Morgan fingerprint density at radius 2 is 1.58 bits per heavy atom. The molecule has 4 aliphatic rings. The lowest BCUT2D eigenvalue weighted by molar-refractivity contribution is -0.139. The van der Waals surface area contributed by atoms with Gasteiger partial charge in [0.2, 0.25) is 5.91 Å². The maximum atomic E-state index is 12.9. The van der Waals surface area contributed by atoms with E-state index in [1.165, 1.54) is 4.90 Å². The molecule has 0 unspecified atom stereocenters. The average Bonchev–Trinajstić information content (AvgIpc) is 3.45. The van der Waals surface area contributed by atoms with E-state index in [4.69, 9.17) is 0 Å². The minimum Gasteiger partial charge on any atom is -0.335 e. The molecule has 0 aromatic rings. The van der Waals surface area contributed by atoms with Crippen molar-refractivity contribution in [2.75, 3.05) is 13.1 Å². The van der Waals surface area contributed by atoms with Gasteiger partial charge >= 0.3 is 6.03 Å². The molecule has 6 nitrogen and oxygen atoms in total. The van der Waals surface area contributed by atoms with Crippen LogP contribution in [0, 0.1) is 5.92 Å². The quantitative estimate of drug-likeness (QED) is 0.723. The molecule has 0 aromatic heterocycles. The fourth-order valence-electron chi connectivity index (χ4n) is 4.18. The van der Waals surface area contributed by atoms with Crippen molar-refractivity contribution in [1.29, 1.82) is 0 Å². The standard InChI is InChI=1S/C18H27N3O3/c1-12-2-4-14(5-3-12)21(15-8-9-15)17(23)11-20-16(22)10-19(18(20)24)13-6-7-13/h12-15H,2-11H2,1H3.